The zero-order valence-electron chi connectivity index (χ0n) is 8.77. The van der Waals surface area contributed by atoms with E-state index in [0.717, 1.165) is 5.56 Å². The quantitative estimate of drug-likeness (QED) is 0.770. The third-order valence-corrected chi connectivity index (χ3v) is 2.61. The van der Waals surface area contributed by atoms with E-state index in [9.17, 15) is 5.11 Å². The molecule has 0 aromatic heterocycles. The fourth-order valence-electron chi connectivity index (χ4n) is 1.51. The minimum atomic E-state index is -0.518. The molecule has 0 saturated heterocycles. The van der Waals surface area contributed by atoms with Crippen molar-refractivity contribution in [3.8, 4) is 0 Å². The van der Waals surface area contributed by atoms with Crippen molar-refractivity contribution < 1.29 is 10.2 Å². The predicted octanol–water partition coefficient (Wildman–Crippen LogP) is 2.13. The fourth-order valence-corrected chi connectivity index (χ4v) is 1.51. The molecule has 0 spiro atoms. The number of aliphatic hydroxyl groups is 2. The van der Waals surface area contributed by atoms with Crippen LogP contribution in [0.4, 0.5) is 0 Å². The summed E-state index contributed by atoms with van der Waals surface area (Å²) in [6.45, 7) is 4.03. The van der Waals surface area contributed by atoms with E-state index in [1.54, 1.807) is 0 Å². The summed E-state index contributed by atoms with van der Waals surface area (Å²) in [5.41, 5.74) is 0.627. The van der Waals surface area contributed by atoms with Gasteiger partial charge in [-0.15, -0.1) is 0 Å². The van der Waals surface area contributed by atoms with Gasteiger partial charge >= 0.3 is 0 Å². The van der Waals surface area contributed by atoms with Crippen molar-refractivity contribution in [3.05, 3.63) is 35.9 Å². The second-order valence-electron chi connectivity index (χ2n) is 4.28. The van der Waals surface area contributed by atoms with Gasteiger partial charge in [0, 0.05) is 6.61 Å². The molecule has 78 valence electrons. The van der Waals surface area contributed by atoms with Gasteiger partial charge in [0.25, 0.3) is 0 Å². The lowest BCUT2D eigenvalue weighted by molar-refractivity contribution is 0.0305. The van der Waals surface area contributed by atoms with E-state index >= 15 is 0 Å². The summed E-state index contributed by atoms with van der Waals surface area (Å²) in [5, 5.41) is 19.0. The predicted molar refractivity (Wildman–Crippen MR) is 56.9 cm³/mol. The highest BCUT2D eigenvalue weighted by atomic mass is 16.3. The molecule has 1 atom stereocenters. The second kappa shape index (κ2) is 4.58. The summed E-state index contributed by atoms with van der Waals surface area (Å²) < 4.78 is 0. The first-order valence-electron chi connectivity index (χ1n) is 4.92. The van der Waals surface area contributed by atoms with Crippen LogP contribution in [0.3, 0.4) is 0 Å². The Balaban J connectivity index is 2.79. The summed E-state index contributed by atoms with van der Waals surface area (Å²) >= 11 is 0. The molecule has 0 radical (unpaired) electrons. The van der Waals surface area contributed by atoms with Gasteiger partial charge in [-0.25, -0.2) is 0 Å². The molecular formula is C12H18O2. The van der Waals surface area contributed by atoms with Crippen molar-refractivity contribution >= 4 is 0 Å². The topological polar surface area (TPSA) is 40.5 Å². The van der Waals surface area contributed by atoms with Crippen LogP contribution in [0.25, 0.3) is 0 Å². The molecule has 1 rings (SSSR count). The van der Waals surface area contributed by atoms with Gasteiger partial charge in [-0.05, 0) is 17.4 Å². The molecule has 0 fully saturated rings. The van der Waals surface area contributed by atoms with Gasteiger partial charge < -0.3 is 10.2 Å². The van der Waals surface area contributed by atoms with E-state index in [-0.39, 0.29) is 12.0 Å². The smallest absolute Gasteiger partial charge is 0.0841 e. The highest BCUT2D eigenvalue weighted by Crippen LogP contribution is 2.35. The minimum Gasteiger partial charge on any atom is -0.396 e. The lowest BCUT2D eigenvalue weighted by Gasteiger charge is -2.30. The molecule has 0 heterocycles. The molecule has 0 aliphatic heterocycles. The highest BCUT2D eigenvalue weighted by molar-refractivity contribution is 5.19. The first-order valence-corrected chi connectivity index (χ1v) is 4.92. The lowest BCUT2D eigenvalue weighted by atomic mass is 9.80. The normalized spacial score (nSPS) is 14.0. The molecule has 0 bridgehead atoms. The van der Waals surface area contributed by atoms with Gasteiger partial charge in [-0.2, -0.15) is 0 Å². The Labute approximate surface area is 85.2 Å². The third-order valence-electron chi connectivity index (χ3n) is 2.61. The van der Waals surface area contributed by atoms with Gasteiger partial charge in [0.05, 0.1) is 6.10 Å². The van der Waals surface area contributed by atoms with Crippen LogP contribution in [-0.2, 0) is 0 Å². The molecule has 2 heteroatoms. The van der Waals surface area contributed by atoms with Crippen molar-refractivity contribution in [2.24, 2.45) is 5.41 Å². The number of benzene rings is 1. The van der Waals surface area contributed by atoms with E-state index in [1.165, 1.54) is 0 Å². The first kappa shape index (κ1) is 11.2. The Morgan fingerprint density at radius 2 is 1.79 bits per heavy atom. The number of hydrogen-bond donors (Lipinski definition) is 2. The van der Waals surface area contributed by atoms with Gasteiger partial charge in [0.1, 0.15) is 0 Å². The maximum atomic E-state index is 10.1. The molecule has 1 aromatic rings. The molecule has 0 saturated carbocycles. The van der Waals surface area contributed by atoms with Crippen molar-refractivity contribution in [2.45, 2.75) is 26.4 Å². The van der Waals surface area contributed by atoms with Crippen molar-refractivity contribution in [3.63, 3.8) is 0 Å². The van der Waals surface area contributed by atoms with Crippen LogP contribution in [0.2, 0.25) is 0 Å². The molecule has 14 heavy (non-hydrogen) atoms. The first-order chi connectivity index (χ1) is 6.58. The van der Waals surface area contributed by atoms with Crippen molar-refractivity contribution in [2.75, 3.05) is 6.61 Å². The van der Waals surface area contributed by atoms with Crippen LogP contribution >= 0.6 is 0 Å². The van der Waals surface area contributed by atoms with Crippen LogP contribution < -0.4 is 0 Å². The molecule has 1 aromatic carbocycles. The van der Waals surface area contributed by atoms with Gasteiger partial charge in [0.2, 0.25) is 0 Å². The summed E-state index contributed by atoms with van der Waals surface area (Å²) in [6, 6.07) is 9.56. The molecule has 0 aliphatic carbocycles. The zero-order chi connectivity index (χ0) is 10.6. The highest BCUT2D eigenvalue weighted by Gasteiger charge is 2.28. The van der Waals surface area contributed by atoms with E-state index in [0.29, 0.717) is 6.42 Å². The number of rotatable bonds is 4. The molecule has 0 aliphatic rings. The van der Waals surface area contributed by atoms with Crippen LogP contribution in [0.5, 0.6) is 0 Å². The third kappa shape index (κ3) is 2.56. The zero-order valence-corrected chi connectivity index (χ0v) is 8.77. The molecule has 0 amide bonds. The molecule has 1 unspecified atom stereocenters. The van der Waals surface area contributed by atoms with E-state index in [4.69, 9.17) is 5.11 Å². The molecular weight excluding hydrogens is 176 g/mol. The van der Waals surface area contributed by atoms with Gasteiger partial charge in [-0.3, -0.25) is 0 Å². The maximum Gasteiger partial charge on any atom is 0.0841 e. The van der Waals surface area contributed by atoms with Crippen LogP contribution in [-0.4, -0.2) is 16.8 Å². The summed E-state index contributed by atoms with van der Waals surface area (Å²) in [4.78, 5) is 0. The Hall–Kier alpha value is -0.860. The standard InChI is InChI=1S/C12H18O2/c1-12(2,8-9-13)11(14)10-6-4-3-5-7-10/h3-7,11,13-14H,8-9H2,1-2H3. The minimum absolute atomic E-state index is 0.108. The summed E-state index contributed by atoms with van der Waals surface area (Å²) in [7, 11) is 0. The maximum absolute atomic E-state index is 10.1. The van der Waals surface area contributed by atoms with Crippen LogP contribution in [0.15, 0.2) is 30.3 Å². The molecule has 2 nitrogen and oxygen atoms in total. The average Bonchev–Trinajstić information content (AvgIpc) is 2.18. The van der Waals surface area contributed by atoms with Crippen molar-refractivity contribution in [1.82, 2.24) is 0 Å². The average molecular weight is 194 g/mol. The van der Waals surface area contributed by atoms with Crippen LogP contribution in [0, 0.1) is 5.41 Å². The number of hydrogen-bond acceptors (Lipinski definition) is 2. The number of aliphatic hydroxyl groups excluding tert-OH is 2. The summed E-state index contributed by atoms with van der Waals surface area (Å²) in [5.74, 6) is 0. The Bertz CT molecular complexity index is 267. The second-order valence-corrected chi connectivity index (χ2v) is 4.28. The lowest BCUT2D eigenvalue weighted by Crippen LogP contribution is -2.23. The van der Waals surface area contributed by atoms with Crippen LogP contribution in [0.1, 0.15) is 31.9 Å². The van der Waals surface area contributed by atoms with Gasteiger partial charge in [-0.1, -0.05) is 44.2 Å². The van der Waals surface area contributed by atoms with Gasteiger partial charge in [0.15, 0.2) is 0 Å². The fraction of sp³-hybridized carbons (Fsp3) is 0.500. The monoisotopic (exact) mass is 194 g/mol. The Morgan fingerprint density at radius 1 is 1.21 bits per heavy atom. The Kier molecular flexibility index (Phi) is 3.67. The van der Waals surface area contributed by atoms with E-state index in [1.807, 2.05) is 44.2 Å². The van der Waals surface area contributed by atoms with E-state index < -0.39 is 6.10 Å². The Morgan fingerprint density at radius 3 is 2.29 bits per heavy atom. The largest absolute Gasteiger partial charge is 0.396 e. The summed E-state index contributed by atoms with van der Waals surface area (Å²) in [6.07, 6.45) is 0.0825. The van der Waals surface area contributed by atoms with Crippen molar-refractivity contribution in [1.29, 1.82) is 0 Å². The van der Waals surface area contributed by atoms with E-state index in [2.05, 4.69) is 0 Å². The molecule has 2 N–H and O–H groups in total. The SMILES string of the molecule is CC(C)(CCO)C(O)c1ccccc1.